The first-order chi connectivity index (χ1) is 8.31. The summed E-state index contributed by atoms with van der Waals surface area (Å²) in [5.41, 5.74) is 5.72. The number of halogens is 3. The second-order valence-electron chi connectivity index (χ2n) is 3.41. The van der Waals surface area contributed by atoms with Crippen LogP contribution in [0.15, 0.2) is 29.4 Å². The summed E-state index contributed by atoms with van der Waals surface area (Å²) in [7, 11) is 0. The third-order valence-corrected chi connectivity index (χ3v) is 1.91. The van der Waals surface area contributed by atoms with Crippen LogP contribution in [0.1, 0.15) is 12.0 Å². The zero-order valence-corrected chi connectivity index (χ0v) is 9.03. The lowest BCUT2D eigenvalue weighted by Crippen LogP contribution is -2.21. The highest BCUT2D eigenvalue weighted by molar-refractivity contribution is 5.99. The van der Waals surface area contributed by atoms with E-state index in [1.807, 2.05) is 0 Å². The van der Waals surface area contributed by atoms with E-state index in [1.165, 1.54) is 24.3 Å². The molecule has 0 fully saturated rings. The summed E-state index contributed by atoms with van der Waals surface area (Å²) in [5, 5.41) is 13.2. The molecular weight excluding hydrogens is 251 g/mol. The molecule has 0 spiro atoms. The number of amidine groups is 1. The Morgan fingerprint density at radius 3 is 2.67 bits per heavy atom. The van der Waals surface area contributed by atoms with E-state index in [-0.39, 0.29) is 17.1 Å². The molecule has 1 amide bonds. The van der Waals surface area contributed by atoms with Crippen LogP contribution < -0.4 is 11.1 Å². The van der Waals surface area contributed by atoms with Gasteiger partial charge in [0, 0.05) is 11.3 Å². The van der Waals surface area contributed by atoms with Crippen molar-refractivity contribution in [3.05, 3.63) is 29.8 Å². The van der Waals surface area contributed by atoms with E-state index in [9.17, 15) is 18.0 Å². The Balaban J connectivity index is 2.77. The summed E-state index contributed by atoms with van der Waals surface area (Å²) in [5.74, 6) is -1.39. The van der Waals surface area contributed by atoms with E-state index >= 15 is 0 Å². The molecule has 0 aliphatic carbocycles. The number of rotatable bonds is 3. The number of hydrogen-bond donors (Lipinski definition) is 3. The van der Waals surface area contributed by atoms with Crippen molar-refractivity contribution < 1.29 is 23.2 Å². The number of hydrogen-bond acceptors (Lipinski definition) is 3. The van der Waals surface area contributed by atoms with Crippen molar-refractivity contribution >= 4 is 17.4 Å². The first-order valence-corrected chi connectivity index (χ1v) is 4.76. The maximum atomic E-state index is 11.9. The molecule has 0 saturated heterocycles. The Hall–Kier alpha value is -2.25. The molecule has 0 unspecified atom stereocenters. The van der Waals surface area contributed by atoms with Crippen LogP contribution in [0.25, 0.3) is 0 Å². The van der Waals surface area contributed by atoms with Crippen LogP contribution in [0.3, 0.4) is 0 Å². The van der Waals surface area contributed by atoms with Gasteiger partial charge in [0.15, 0.2) is 5.84 Å². The number of nitrogens with one attached hydrogen (secondary N) is 1. The maximum Gasteiger partial charge on any atom is 0.397 e. The van der Waals surface area contributed by atoms with E-state index in [0.717, 1.165) is 0 Å². The second-order valence-corrected chi connectivity index (χ2v) is 3.41. The Bertz CT molecular complexity index is 472. The quantitative estimate of drug-likeness (QED) is 0.335. The van der Waals surface area contributed by atoms with Gasteiger partial charge in [-0.3, -0.25) is 4.79 Å². The van der Waals surface area contributed by atoms with Gasteiger partial charge in [0.05, 0.1) is 0 Å². The van der Waals surface area contributed by atoms with Crippen LogP contribution in [-0.4, -0.2) is 23.1 Å². The largest absolute Gasteiger partial charge is 0.409 e. The third kappa shape index (κ3) is 4.32. The molecule has 98 valence electrons. The Morgan fingerprint density at radius 2 is 2.11 bits per heavy atom. The SMILES string of the molecule is N/C(=N/O)c1cccc(NC(=O)CC(F)(F)F)c1. The van der Waals surface area contributed by atoms with Gasteiger partial charge in [-0.05, 0) is 12.1 Å². The molecule has 5 nitrogen and oxygen atoms in total. The summed E-state index contributed by atoms with van der Waals surface area (Å²) in [6, 6.07) is 5.62. The Kier molecular flexibility index (Phi) is 4.13. The van der Waals surface area contributed by atoms with Crippen molar-refractivity contribution in [1.29, 1.82) is 0 Å². The minimum Gasteiger partial charge on any atom is -0.409 e. The van der Waals surface area contributed by atoms with Gasteiger partial charge < -0.3 is 16.3 Å². The topological polar surface area (TPSA) is 87.7 Å². The van der Waals surface area contributed by atoms with Gasteiger partial charge in [-0.15, -0.1) is 0 Å². The molecule has 0 heterocycles. The van der Waals surface area contributed by atoms with Gasteiger partial charge in [-0.2, -0.15) is 13.2 Å². The van der Waals surface area contributed by atoms with E-state index in [4.69, 9.17) is 10.9 Å². The first kappa shape index (κ1) is 13.8. The predicted molar refractivity (Wildman–Crippen MR) is 58.3 cm³/mol. The minimum atomic E-state index is -4.56. The van der Waals surface area contributed by atoms with Crippen LogP contribution in [0.4, 0.5) is 18.9 Å². The third-order valence-electron chi connectivity index (χ3n) is 1.91. The van der Waals surface area contributed by atoms with Crippen LogP contribution in [0.5, 0.6) is 0 Å². The summed E-state index contributed by atoms with van der Waals surface area (Å²) in [6.45, 7) is 0. The van der Waals surface area contributed by atoms with Crippen molar-refractivity contribution in [3.63, 3.8) is 0 Å². The highest BCUT2D eigenvalue weighted by Crippen LogP contribution is 2.20. The number of alkyl halides is 3. The van der Waals surface area contributed by atoms with E-state index < -0.39 is 18.5 Å². The number of nitrogens with zero attached hydrogens (tertiary/aromatic N) is 1. The summed E-state index contributed by atoms with van der Waals surface area (Å²) < 4.78 is 35.8. The van der Waals surface area contributed by atoms with E-state index in [0.29, 0.717) is 0 Å². The molecule has 1 aromatic rings. The van der Waals surface area contributed by atoms with E-state index in [2.05, 4.69) is 10.5 Å². The lowest BCUT2D eigenvalue weighted by atomic mass is 10.2. The maximum absolute atomic E-state index is 11.9. The molecule has 0 atom stereocenters. The monoisotopic (exact) mass is 261 g/mol. The highest BCUT2D eigenvalue weighted by Gasteiger charge is 2.31. The fourth-order valence-corrected chi connectivity index (χ4v) is 1.20. The lowest BCUT2D eigenvalue weighted by Gasteiger charge is -2.08. The molecule has 0 bridgehead atoms. The second kappa shape index (κ2) is 5.39. The molecule has 1 rings (SSSR count). The molecule has 0 aromatic heterocycles. The zero-order chi connectivity index (χ0) is 13.8. The van der Waals surface area contributed by atoms with E-state index in [1.54, 1.807) is 0 Å². The Labute approximate surface area is 100 Å². The number of oxime groups is 1. The number of anilines is 1. The molecule has 0 aliphatic rings. The smallest absolute Gasteiger partial charge is 0.397 e. The van der Waals surface area contributed by atoms with Gasteiger partial charge in [0.1, 0.15) is 6.42 Å². The van der Waals surface area contributed by atoms with Crippen molar-refractivity contribution in [2.75, 3.05) is 5.32 Å². The number of amides is 1. The molecule has 8 heteroatoms. The van der Waals surface area contributed by atoms with Crippen LogP contribution in [0, 0.1) is 0 Å². The average molecular weight is 261 g/mol. The average Bonchev–Trinajstić information content (AvgIpc) is 2.25. The molecule has 0 aliphatic heterocycles. The molecule has 4 N–H and O–H groups in total. The summed E-state index contributed by atoms with van der Waals surface area (Å²) in [4.78, 5) is 11.0. The highest BCUT2D eigenvalue weighted by atomic mass is 19.4. The van der Waals surface area contributed by atoms with Crippen molar-refractivity contribution in [2.24, 2.45) is 10.9 Å². The number of nitrogens with two attached hydrogens (primary N) is 1. The van der Waals surface area contributed by atoms with Gasteiger partial charge >= 0.3 is 6.18 Å². The Morgan fingerprint density at radius 1 is 1.44 bits per heavy atom. The van der Waals surface area contributed by atoms with Crippen LogP contribution >= 0.6 is 0 Å². The summed E-state index contributed by atoms with van der Waals surface area (Å²) in [6.07, 6.45) is -6.13. The van der Waals surface area contributed by atoms with Gasteiger partial charge in [0.2, 0.25) is 5.91 Å². The lowest BCUT2D eigenvalue weighted by molar-refractivity contribution is -0.150. The zero-order valence-electron chi connectivity index (χ0n) is 9.03. The standard InChI is InChI=1S/C10H10F3N3O2/c11-10(12,13)5-8(17)15-7-3-1-2-6(4-7)9(14)16-18/h1-4,18H,5H2,(H2,14,16)(H,15,17). The normalized spacial score (nSPS) is 12.3. The van der Waals surface area contributed by atoms with Crippen molar-refractivity contribution in [3.8, 4) is 0 Å². The van der Waals surface area contributed by atoms with Gasteiger partial charge in [0.25, 0.3) is 0 Å². The number of benzene rings is 1. The number of carbonyl (C=O) groups excluding carboxylic acids is 1. The molecule has 0 radical (unpaired) electrons. The fraction of sp³-hybridized carbons (Fsp3) is 0.200. The molecular formula is C10H10F3N3O2. The van der Waals surface area contributed by atoms with Crippen LogP contribution in [0.2, 0.25) is 0 Å². The molecule has 18 heavy (non-hydrogen) atoms. The van der Waals surface area contributed by atoms with Gasteiger partial charge in [-0.25, -0.2) is 0 Å². The van der Waals surface area contributed by atoms with Crippen molar-refractivity contribution in [2.45, 2.75) is 12.6 Å². The van der Waals surface area contributed by atoms with Crippen LogP contribution in [-0.2, 0) is 4.79 Å². The van der Waals surface area contributed by atoms with Gasteiger partial charge in [-0.1, -0.05) is 17.3 Å². The first-order valence-electron chi connectivity index (χ1n) is 4.76. The molecule has 1 aromatic carbocycles. The predicted octanol–water partition coefficient (Wildman–Crippen LogP) is 1.67. The van der Waals surface area contributed by atoms with Crippen molar-refractivity contribution in [1.82, 2.24) is 0 Å². The number of carbonyl (C=O) groups is 1. The fourth-order valence-electron chi connectivity index (χ4n) is 1.20. The summed E-state index contributed by atoms with van der Waals surface area (Å²) >= 11 is 0. The minimum absolute atomic E-state index is 0.133. The molecule has 0 saturated carbocycles.